The lowest BCUT2D eigenvalue weighted by molar-refractivity contribution is -0.352. The number of aliphatic carboxylic acids is 1. The van der Waals surface area contributed by atoms with Gasteiger partial charge < -0.3 is 48.5 Å². The first-order valence-electron chi connectivity index (χ1n) is 20.0. The molecule has 0 bridgehead atoms. The van der Waals surface area contributed by atoms with E-state index in [0.29, 0.717) is 31.3 Å². The normalized spacial score (nSPS) is 48.3. The molecule has 3 N–H and O–H groups in total. The standard InChI is InChI=1S/C41H70O11/c1-23(16-26(4)37(44)45)12-13-30(43)19-31-20-32(46-10)29(7)41(49-31)28(6)21-39(9,52-41)34-14-15-38(8,50-34)36-25(3)18-33(48-36)35-24(2)17-27(5)40(22-42,47-11)51-35/h16,23-25,27-36,42-43H,12-15,17-22H2,1-11H3,(H,44,45). The van der Waals surface area contributed by atoms with Crippen molar-refractivity contribution in [1.29, 1.82) is 0 Å². The van der Waals surface area contributed by atoms with Crippen LogP contribution in [0.1, 0.15) is 120 Å². The van der Waals surface area contributed by atoms with Crippen molar-refractivity contribution in [2.24, 2.45) is 35.5 Å². The summed E-state index contributed by atoms with van der Waals surface area (Å²) in [6.07, 6.45) is 6.82. The van der Waals surface area contributed by atoms with Crippen molar-refractivity contribution in [3.8, 4) is 0 Å². The SMILES string of the molecule is COC1CC(CC(O)CCC(C)C=C(C)C(=O)O)OC2(OC(C)(C3CCC(C)(C4OC(C5OC(CO)(OC)C(C)CC5C)CC4C)O3)CC2C)C1C. The summed E-state index contributed by atoms with van der Waals surface area (Å²) in [5.74, 6) is -2.14. The fourth-order valence-electron chi connectivity index (χ4n) is 10.8. The third-order valence-electron chi connectivity index (χ3n) is 13.8. The molecule has 300 valence electrons. The molecule has 5 aliphatic rings. The molecule has 5 aliphatic heterocycles. The van der Waals surface area contributed by atoms with Gasteiger partial charge in [0, 0.05) is 44.0 Å². The Labute approximate surface area is 312 Å². The zero-order chi connectivity index (χ0) is 38.4. The summed E-state index contributed by atoms with van der Waals surface area (Å²) in [6, 6.07) is 0. The molecule has 52 heavy (non-hydrogen) atoms. The molecule has 11 heteroatoms. The molecule has 5 fully saturated rings. The van der Waals surface area contributed by atoms with Crippen molar-refractivity contribution >= 4 is 5.97 Å². The molecule has 0 aromatic carbocycles. The highest BCUT2D eigenvalue weighted by Crippen LogP contribution is 2.57. The Morgan fingerprint density at radius 2 is 1.67 bits per heavy atom. The molecule has 5 saturated heterocycles. The fourth-order valence-corrected chi connectivity index (χ4v) is 10.8. The molecule has 17 unspecified atom stereocenters. The van der Waals surface area contributed by atoms with Gasteiger partial charge in [-0.25, -0.2) is 4.79 Å². The third-order valence-corrected chi connectivity index (χ3v) is 13.8. The third kappa shape index (κ3) is 8.05. The topological polar surface area (TPSA) is 142 Å². The smallest absolute Gasteiger partial charge is 0.330 e. The van der Waals surface area contributed by atoms with E-state index in [0.717, 1.165) is 32.1 Å². The summed E-state index contributed by atoms with van der Waals surface area (Å²) in [5, 5.41) is 30.6. The van der Waals surface area contributed by atoms with Crippen LogP contribution in [-0.4, -0.2) is 108 Å². The summed E-state index contributed by atoms with van der Waals surface area (Å²) >= 11 is 0. The first-order valence-corrected chi connectivity index (χ1v) is 20.0. The molecule has 5 rings (SSSR count). The Bertz CT molecular complexity index is 1250. The van der Waals surface area contributed by atoms with Gasteiger partial charge in [-0.2, -0.15) is 0 Å². The van der Waals surface area contributed by atoms with Crippen LogP contribution in [0.5, 0.6) is 0 Å². The number of aliphatic hydroxyl groups excluding tert-OH is 2. The van der Waals surface area contributed by atoms with Crippen LogP contribution in [-0.2, 0) is 38.0 Å². The maximum atomic E-state index is 11.2. The van der Waals surface area contributed by atoms with Crippen LogP contribution in [0.2, 0.25) is 0 Å². The first-order chi connectivity index (χ1) is 24.4. The Morgan fingerprint density at radius 3 is 2.31 bits per heavy atom. The number of hydrogen-bond donors (Lipinski definition) is 3. The zero-order valence-electron chi connectivity index (χ0n) is 33.8. The summed E-state index contributed by atoms with van der Waals surface area (Å²) in [7, 11) is 3.35. The van der Waals surface area contributed by atoms with Crippen LogP contribution in [0.15, 0.2) is 11.6 Å². The Kier molecular flexibility index (Phi) is 13.0. The number of ether oxygens (including phenoxy) is 7. The molecule has 5 heterocycles. The van der Waals surface area contributed by atoms with Crippen LogP contribution >= 0.6 is 0 Å². The van der Waals surface area contributed by atoms with Gasteiger partial charge in [0.05, 0.1) is 60.5 Å². The molecule has 11 nitrogen and oxygen atoms in total. The Morgan fingerprint density at radius 1 is 0.962 bits per heavy atom. The molecule has 0 saturated carbocycles. The van der Waals surface area contributed by atoms with Gasteiger partial charge in [0.25, 0.3) is 0 Å². The molecule has 17 atom stereocenters. The van der Waals surface area contributed by atoms with E-state index in [1.165, 1.54) is 0 Å². The average molecular weight is 739 g/mol. The predicted molar refractivity (Wildman–Crippen MR) is 195 cm³/mol. The lowest BCUT2D eigenvalue weighted by Crippen LogP contribution is -2.58. The minimum atomic E-state index is -1.02. The van der Waals surface area contributed by atoms with E-state index in [9.17, 15) is 20.1 Å². The average Bonchev–Trinajstić information content (AvgIpc) is 3.76. The monoisotopic (exact) mass is 738 g/mol. The van der Waals surface area contributed by atoms with Gasteiger partial charge in [0.2, 0.25) is 0 Å². The van der Waals surface area contributed by atoms with E-state index >= 15 is 0 Å². The quantitative estimate of drug-likeness (QED) is 0.184. The van der Waals surface area contributed by atoms with Crippen molar-refractivity contribution in [2.75, 3.05) is 20.8 Å². The maximum absolute atomic E-state index is 11.2. The second-order valence-electron chi connectivity index (χ2n) is 18.0. The number of aliphatic hydroxyl groups is 2. The molecular formula is C41H70O11. The second-order valence-corrected chi connectivity index (χ2v) is 18.0. The van der Waals surface area contributed by atoms with Gasteiger partial charge in [0.1, 0.15) is 0 Å². The van der Waals surface area contributed by atoms with E-state index in [2.05, 4.69) is 48.5 Å². The van der Waals surface area contributed by atoms with Crippen LogP contribution in [0.4, 0.5) is 0 Å². The minimum absolute atomic E-state index is 0.0306. The summed E-state index contributed by atoms with van der Waals surface area (Å²) in [4.78, 5) is 11.2. The van der Waals surface area contributed by atoms with Crippen LogP contribution in [0.25, 0.3) is 0 Å². The largest absolute Gasteiger partial charge is 0.478 e. The van der Waals surface area contributed by atoms with Gasteiger partial charge in [-0.15, -0.1) is 0 Å². The lowest BCUT2D eigenvalue weighted by Gasteiger charge is -2.50. The van der Waals surface area contributed by atoms with Crippen molar-refractivity contribution in [2.45, 2.75) is 186 Å². The number of hydrogen-bond acceptors (Lipinski definition) is 10. The highest BCUT2D eigenvalue weighted by Gasteiger charge is 2.65. The molecule has 0 aromatic heterocycles. The van der Waals surface area contributed by atoms with Gasteiger partial charge >= 0.3 is 5.97 Å². The predicted octanol–water partition coefficient (Wildman–Crippen LogP) is 6.26. The highest BCUT2D eigenvalue weighted by atomic mass is 16.7. The fraction of sp³-hybridized carbons (Fsp3) is 0.927. The Balaban J connectivity index is 1.24. The van der Waals surface area contributed by atoms with Gasteiger partial charge in [-0.1, -0.05) is 47.6 Å². The summed E-state index contributed by atoms with van der Waals surface area (Å²) < 4.78 is 46.5. The number of rotatable bonds is 13. The van der Waals surface area contributed by atoms with Crippen LogP contribution < -0.4 is 0 Å². The number of allylic oxidation sites excluding steroid dienone is 1. The van der Waals surface area contributed by atoms with E-state index in [-0.39, 0.29) is 78.7 Å². The highest BCUT2D eigenvalue weighted by molar-refractivity contribution is 5.85. The summed E-state index contributed by atoms with van der Waals surface area (Å²) in [6.45, 7) is 18.6. The van der Waals surface area contributed by atoms with Gasteiger partial charge in [-0.3, -0.25) is 0 Å². The number of carbonyl (C=O) groups is 1. The number of carboxylic acid groups (broad SMARTS) is 1. The summed E-state index contributed by atoms with van der Waals surface area (Å²) in [5.41, 5.74) is -0.768. The van der Waals surface area contributed by atoms with Crippen LogP contribution in [0.3, 0.4) is 0 Å². The van der Waals surface area contributed by atoms with Crippen LogP contribution in [0, 0.1) is 35.5 Å². The van der Waals surface area contributed by atoms with Crippen molar-refractivity contribution in [3.63, 3.8) is 0 Å². The van der Waals surface area contributed by atoms with E-state index < -0.39 is 34.8 Å². The molecule has 0 amide bonds. The van der Waals surface area contributed by atoms with E-state index in [4.69, 9.17) is 33.2 Å². The minimum Gasteiger partial charge on any atom is -0.478 e. The Hall–Kier alpha value is -1.15. The van der Waals surface area contributed by atoms with Gasteiger partial charge in [-0.05, 0) is 89.9 Å². The zero-order valence-corrected chi connectivity index (χ0v) is 33.8. The van der Waals surface area contributed by atoms with Crippen molar-refractivity contribution in [3.05, 3.63) is 11.6 Å². The van der Waals surface area contributed by atoms with E-state index in [1.807, 2.05) is 6.92 Å². The van der Waals surface area contributed by atoms with E-state index in [1.54, 1.807) is 27.2 Å². The molecule has 1 spiro atoms. The van der Waals surface area contributed by atoms with Crippen molar-refractivity contribution in [1.82, 2.24) is 0 Å². The molecule has 0 radical (unpaired) electrons. The number of carboxylic acids is 1. The molecule has 0 aliphatic carbocycles. The molecule has 0 aromatic rings. The number of methoxy groups -OCH3 is 2. The van der Waals surface area contributed by atoms with Crippen molar-refractivity contribution < 1.29 is 53.3 Å². The molecular weight excluding hydrogens is 668 g/mol. The second kappa shape index (κ2) is 16.1. The first kappa shape index (κ1) is 42.0. The maximum Gasteiger partial charge on any atom is 0.330 e. The van der Waals surface area contributed by atoms with Gasteiger partial charge in [0.15, 0.2) is 11.6 Å². The lowest BCUT2D eigenvalue weighted by atomic mass is 9.78.